The predicted octanol–water partition coefficient (Wildman–Crippen LogP) is 9.19. The van der Waals surface area contributed by atoms with Gasteiger partial charge in [-0.25, -0.2) is 85.2 Å². The number of aromatic nitrogens is 15. The first-order chi connectivity index (χ1) is 56.2. The van der Waals surface area contributed by atoms with Crippen LogP contribution < -0.4 is 28.9 Å². The van der Waals surface area contributed by atoms with Crippen molar-refractivity contribution in [2.45, 2.75) is 39.6 Å². The van der Waals surface area contributed by atoms with E-state index in [0.29, 0.717) is 177 Å². The lowest BCUT2D eigenvalue weighted by atomic mass is 10.2. The van der Waals surface area contributed by atoms with Crippen molar-refractivity contribution in [1.82, 2.24) is 93.8 Å². The van der Waals surface area contributed by atoms with E-state index >= 15 is 0 Å². The smallest absolute Gasteiger partial charge is 0.244 e. The normalized spacial score (nSPS) is 13.6. The lowest BCUT2D eigenvalue weighted by Gasteiger charge is -2.35. The van der Waals surface area contributed by atoms with Gasteiger partial charge in [-0.15, -0.1) is 15.3 Å². The Balaban J connectivity index is 0.000000151. The van der Waals surface area contributed by atoms with E-state index in [9.17, 15) is 40.7 Å². The molecule has 3 saturated heterocycles. The molecular weight excluding hydrogens is 1510 g/mol. The molecule has 35 heteroatoms. The fourth-order valence-electron chi connectivity index (χ4n) is 12.7. The van der Waals surface area contributed by atoms with Gasteiger partial charge >= 0.3 is 0 Å². The number of amides is 3. The number of likely N-dealkylation sites (N-methyl/N-ethyl adjacent to an activating group) is 1. The minimum Gasteiger partial charge on any atom is -0.476 e. The summed E-state index contributed by atoms with van der Waals surface area (Å²) in [7, 11) is 3.96. The molecule has 3 amide bonds. The van der Waals surface area contributed by atoms with Crippen LogP contribution in [0.1, 0.15) is 13.8 Å². The molecule has 3 aliphatic heterocycles. The van der Waals surface area contributed by atoms with Gasteiger partial charge in [0.05, 0.1) is 12.7 Å². The number of anilines is 3. The number of carbonyl (C=O) groups excluding carboxylic acids is 3. The molecule has 0 aliphatic carbocycles. The average Bonchev–Trinajstić information content (AvgIpc) is 1.65. The van der Waals surface area contributed by atoms with Crippen molar-refractivity contribution in [2.75, 3.05) is 134 Å². The summed E-state index contributed by atoms with van der Waals surface area (Å²) in [5.74, 6) is 3.26. The lowest BCUT2D eigenvalue weighted by molar-refractivity contribution is -0.133. The van der Waals surface area contributed by atoms with Crippen LogP contribution in [0.2, 0.25) is 0 Å². The molecule has 0 saturated carbocycles. The number of hydrogen-bond acceptors (Lipinski definition) is 23. The summed E-state index contributed by atoms with van der Waals surface area (Å²) >= 11 is 0. The third-order valence-corrected chi connectivity index (χ3v) is 18.7. The molecule has 6 aromatic carbocycles. The fourth-order valence-corrected chi connectivity index (χ4v) is 12.7. The van der Waals surface area contributed by atoms with Crippen LogP contribution in [0.3, 0.4) is 0 Å². The number of benzene rings is 6. The molecule has 9 heterocycles. The van der Waals surface area contributed by atoms with Crippen molar-refractivity contribution in [2.24, 2.45) is 0 Å². The van der Waals surface area contributed by atoms with E-state index in [1.807, 2.05) is 43.8 Å². The Morgan fingerprint density at radius 2 is 0.647 bits per heavy atom. The van der Waals surface area contributed by atoms with E-state index in [0.717, 1.165) is 18.2 Å². The first-order valence-electron chi connectivity index (χ1n) is 37.3. The van der Waals surface area contributed by atoms with Gasteiger partial charge in [-0.1, -0.05) is 0 Å². The first kappa shape index (κ1) is 80.7. The van der Waals surface area contributed by atoms with Crippen LogP contribution >= 0.6 is 0 Å². The average molecular weight is 1590 g/mol. The summed E-state index contributed by atoms with van der Waals surface area (Å²) in [6.07, 6.45) is 4.37. The number of nitrogens with zero attached hydrogens (tertiary/aromatic N) is 22. The molecule has 1 N–H and O–H groups in total. The molecule has 29 nitrogen and oxygen atoms in total. The first-order valence-corrected chi connectivity index (χ1v) is 37.3. The molecule has 12 aromatic rings. The van der Waals surface area contributed by atoms with Gasteiger partial charge in [-0.2, -0.15) is 0 Å². The standard InChI is InChI=1S/C28H30F2N8O2.C27H27F2N7O2.C26H25F2N7O3/c1-35(2)15-16-40-25-17-24(31-19-32-25)36-11-13-37(14-12-36)26(39)18-38-28(21-5-9-23(30)10-6-21)33-27(34-38)20-3-7-22(29)8-4-20;1-18(2)38-24-15-23(30-17-31-24)34-11-13-35(14-12-34)25(37)16-36-27(20-5-9-22(29)10-6-20)32-26(33-36)19-3-7-21(28)8-4-19;27-20-5-1-18(2-6-20)25-31-26(19-3-7-21(28)8-4-19)35(32-25)16-24(37)34-11-9-33(10-12-34)22-15-23(30-17-29-22)38-14-13-36/h3-10,17,19H,11-16,18H2,1-2H3;3-10,15,17-18H,11-14,16H2,1-2H3;1-8,15,17,36H,9-14,16H2. The van der Waals surface area contributed by atoms with Gasteiger partial charge in [0.1, 0.15) is 104 Å². The van der Waals surface area contributed by atoms with Gasteiger partial charge in [-0.05, 0) is 174 Å². The van der Waals surface area contributed by atoms with Crippen molar-refractivity contribution in [1.29, 1.82) is 0 Å². The Morgan fingerprint density at radius 3 is 0.922 bits per heavy atom. The molecule has 0 bridgehead atoms. The Morgan fingerprint density at radius 1 is 0.379 bits per heavy atom. The van der Waals surface area contributed by atoms with E-state index in [2.05, 4.69) is 70.0 Å². The zero-order valence-electron chi connectivity index (χ0n) is 63.8. The highest BCUT2D eigenvalue weighted by atomic mass is 19.1. The summed E-state index contributed by atoms with van der Waals surface area (Å²) in [5.41, 5.74) is 3.66. The maximum absolute atomic E-state index is 13.6. The van der Waals surface area contributed by atoms with Gasteiger partial charge in [0, 0.05) is 137 Å². The molecule has 0 atom stereocenters. The highest BCUT2D eigenvalue weighted by Gasteiger charge is 2.29. The molecule has 600 valence electrons. The Kier molecular flexibility index (Phi) is 26.5. The Bertz CT molecular complexity index is 5260. The number of piperazine rings is 3. The van der Waals surface area contributed by atoms with Crippen molar-refractivity contribution >= 4 is 35.2 Å². The quantitative estimate of drug-likeness (QED) is 0.0551. The zero-order chi connectivity index (χ0) is 81.2. The maximum atomic E-state index is 13.6. The van der Waals surface area contributed by atoms with Gasteiger partial charge in [0.25, 0.3) is 0 Å². The van der Waals surface area contributed by atoms with Crippen LogP contribution in [-0.2, 0) is 34.0 Å². The number of aliphatic hydroxyl groups excluding tert-OH is 1. The van der Waals surface area contributed by atoms with Crippen LogP contribution in [0, 0.1) is 34.9 Å². The number of rotatable bonds is 24. The third kappa shape index (κ3) is 21.3. The molecule has 116 heavy (non-hydrogen) atoms. The van der Waals surface area contributed by atoms with E-state index in [4.69, 9.17) is 19.3 Å². The summed E-state index contributed by atoms with van der Waals surface area (Å²) in [6.45, 7) is 11.6. The second-order valence-corrected chi connectivity index (χ2v) is 27.4. The number of carbonyl (C=O) groups is 3. The molecule has 6 aromatic heterocycles. The SMILES string of the molecule is CC(C)Oc1cc(N2CCN(C(=O)Cn3nc(-c4ccc(F)cc4)nc3-c3ccc(F)cc3)CC2)ncn1.CN(C)CCOc1cc(N2CCN(C(=O)Cn3nc(-c4ccc(F)cc4)nc3-c3ccc(F)cc3)CC2)ncn1.O=C(Cn1nc(-c2ccc(F)cc2)nc1-c1ccc(F)cc1)N1CCN(c2cc(OCCO)ncn2)CC1. The number of aliphatic hydroxyl groups is 1. The van der Waals surface area contributed by atoms with E-state index < -0.39 is 0 Å². The predicted molar refractivity (Wildman–Crippen MR) is 417 cm³/mol. The van der Waals surface area contributed by atoms with Crippen molar-refractivity contribution in [3.63, 3.8) is 0 Å². The topological polar surface area (TPSA) is 291 Å². The molecule has 0 spiro atoms. The van der Waals surface area contributed by atoms with Crippen molar-refractivity contribution < 1.29 is 60.0 Å². The number of hydrogen-bond donors (Lipinski definition) is 1. The van der Waals surface area contributed by atoms with Crippen LogP contribution in [0.25, 0.3) is 68.3 Å². The van der Waals surface area contributed by atoms with Crippen LogP contribution in [0.5, 0.6) is 17.6 Å². The summed E-state index contributed by atoms with van der Waals surface area (Å²) in [4.78, 5) is 92.6. The maximum Gasteiger partial charge on any atom is 0.244 e. The van der Waals surface area contributed by atoms with E-state index in [-0.39, 0.29) is 91.6 Å². The van der Waals surface area contributed by atoms with Crippen LogP contribution in [0.4, 0.5) is 43.8 Å². The second-order valence-electron chi connectivity index (χ2n) is 27.4. The highest BCUT2D eigenvalue weighted by molar-refractivity contribution is 5.79. The number of halogens is 6. The molecule has 0 radical (unpaired) electrons. The Hall–Kier alpha value is -13.3. The van der Waals surface area contributed by atoms with Gasteiger partial charge in [0.2, 0.25) is 35.4 Å². The van der Waals surface area contributed by atoms with Crippen molar-refractivity contribution in [3.8, 4) is 86.0 Å². The monoisotopic (exact) mass is 1590 g/mol. The van der Waals surface area contributed by atoms with Gasteiger partial charge < -0.3 is 53.6 Å². The second kappa shape index (κ2) is 38.0. The van der Waals surface area contributed by atoms with E-state index in [1.54, 1.807) is 99.6 Å². The zero-order valence-corrected chi connectivity index (χ0v) is 63.8. The molecule has 0 unspecified atom stereocenters. The summed E-state index contributed by atoms with van der Waals surface area (Å²) in [6, 6.07) is 40.2. The van der Waals surface area contributed by atoms with Crippen LogP contribution in [0.15, 0.2) is 183 Å². The summed E-state index contributed by atoms with van der Waals surface area (Å²) in [5, 5.41) is 22.6. The molecule has 3 fully saturated rings. The van der Waals surface area contributed by atoms with Crippen LogP contribution in [-0.4, -0.2) is 242 Å². The third-order valence-electron chi connectivity index (χ3n) is 18.7. The highest BCUT2D eigenvalue weighted by Crippen LogP contribution is 2.30. The van der Waals surface area contributed by atoms with Gasteiger partial charge in [-0.3, -0.25) is 14.4 Å². The minimum absolute atomic E-state index is 0.00683. The number of ether oxygens (including phenoxy) is 3. The minimum atomic E-state index is -0.386. The van der Waals surface area contributed by atoms with Crippen molar-refractivity contribution in [3.05, 3.63) is 218 Å². The Labute approximate surface area is 663 Å². The molecular formula is C81H82F6N22O7. The lowest BCUT2D eigenvalue weighted by Crippen LogP contribution is -2.50. The largest absolute Gasteiger partial charge is 0.476 e. The molecule has 15 rings (SSSR count). The fraction of sp³-hybridized carbons (Fsp3) is 0.296. The van der Waals surface area contributed by atoms with E-state index in [1.165, 1.54) is 106 Å². The molecule has 3 aliphatic rings. The summed E-state index contributed by atoms with van der Waals surface area (Å²) < 4.78 is 102. The van der Waals surface area contributed by atoms with Gasteiger partial charge in [0.15, 0.2) is 34.9 Å².